The summed E-state index contributed by atoms with van der Waals surface area (Å²) in [5.41, 5.74) is 1.13. The lowest BCUT2D eigenvalue weighted by Gasteiger charge is -2.06. The number of nitrogens with one attached hydrogen (secondary N) is 1. The summed E-state index contributed by atoms with van der Waals surface area (Å²) in [5.74, 6) is 0.0398. The Labute approximate surface area is 123 Å². The predicted molar refractivity (Wildman–Crippen MR) is 80.9 cm³/mol. The maximum Gasteiger partial charge on any atom is 0.220 e. The highest BCUT2D eigenvalue weighted by atomic mass is 35.5. The summed E-state index contributed by atoms with van der Waals surface area (Å²) in [6.07, 6.45) is 3.91. The number of amides is 1. The van der Waals surface area contributed by atoms with Crippen LogP contribution in [0.4, 0.5) is 0 Å². The topological polar surface area (TPSA) is 54.3 Å². The lowest BCUT2D eigenvalue weighted by atomic mass is 10.2. The van der Waals surface area contributed by atoms with Crippen LogP contribution in [0.5, 0.6) is 0 Å². The van der Waals surface area contributed by atoms with Crippen LogP contribution in [0, 0.1) is 0 Å². The summed E-state index contributed by atoms with van der Waals surface area (Å²) in [4.78, 5) is 11.5. The maximum atomic E-state index is 11.5. The van der Waals surface area contributed by atoms with Gasteiger partial charge in [-0.05, 0) is 37.1 Å². The van der Waals surface area contributed by atoms with E-state index >= 15 is 0 Å². The Hall–Kier alpha value is -1.52. The third-order valence-corrected chi connectivity index (χ3v) is 3.43. The Bertz CT molecular complexity index is 580. The second-order valence-electron chi connectivity index (χ2n) is 4.74. The molecular weight excluding hydrogens is 276 g/mol. The number of hydrogen-bond acceptors (Lipinski definition) is 2. The lowest BCUT2D eigenvalue weighted by molar-refractivity contribution is -0.121. The second kappa shape index (κ2) is 7.31. The first-order valence-corrected chi connectivity index (χ1v) is 7.20. The van der Waals surface area contributed by atoms with Gasteiger partial charge in [-0.1, -0.05) is 11.6 Å². The van der Waals surface area contributed by atoms with E-state index < -0.39 is 0 Å². The van der Waals surface area contributed by atoms with Crippen molar-refractivity contribution >= 4 is 28.4 Å². The van der Waals surface area contributed by atoms with E-state index in [1.54, 1.807) is 0 Å². The van der Waals surface area contributed by atoms with Crippen LogP contribution in [0.25, 0.3) is 10.9 Å². The first-order valence-electron chi connectivity index (χ1n) is 6.82. The van der Waals surface area contributed by atoms with Gasteiger partial charge in [0.2, 0.25) is 5.91 Å². The molecule has 0 aliphatic carbocycles. The van der Waals surface area contributed by atoms with Crippen molar-refractivity contribution in [2.45, 2.75) is 25.8 Å². The van der Waals surface area contributed by atoms with Gasteiger partial charge in [-0.3, -0.25) is 4.79 Å². The Morgan fingerprint density at radius 2 is 2.15 bits per heavy atom. The number of aromatic nitrogens is 1. The molecule has 0 fully saturated rings. The molecule has 0 saturated carbocycles. The number of nitrogens with zero attached hydrogens (tertiary/aromatic N) is 1. The zero-order chi connectivity index (χ0) is 14.4. The minimum absolute atomic E-state index is 0.0398. The number of carbonyl (C=O) groups excluding carboxylic acids is 1. The summed E-state index contributed by atoms with van der Waals surface area (Å²) >= 11 is 5.95. The van der Waals surface area contributed by atoms with Gasteiger partial charge in [0.15, 0.2) is 0 Å². The van der Waals surface area contributed by atoms with Crippen molar-refractivity contribution in [1.29, 1.82) is 0 Å². The van der Waals surface area contributed by atoms with Crippen LogP contribution >= 0.6 is 11.6 Å². The van der Waals surface area contributed by atoms with Gasteiger partial charge >= 0.3 is 0 Å². The van der Waals surface area contributed by atoms with E-state index in [9.17, 15) is 4.79 Å². The van der Waals surface area contributed by atoms with E-state index in [1.165, 1.54) is 0 Å². The zero-order valence-corrected chi connectivity index (χ0v) is 12.1. The van der Waals surface area contributed by atoms with E-state index in [1.807, 2.05) is 30.5 Å². The molecule has 0 spiro atoms. The molecule has 108 valence electrons. The minimum Gasteiger partial charge on any atom is -0.396 e. The third kappa shape index (κ3) is 3.99. The number of aliphatic hydroxyl groups is 1. The van der Waals surface area contributed by atoms with Crippen LogP contribution in [0.2, 0.25) is 5.02 Å². The van der Waals surface area contributed by atoms with Crippen molar-refractivity contribution in [1.82, 2.24) is 9.88 Å². The molecule has 5 heteroatoms. The van der Waals surface area contributed by atoms with Gasteiger partial charge < -0.3 is 15.0 Å². The number of halogens is 1. The molecule has 1 aromatic heterocycles. The second-order valence-corrected chi connectivity index (χ2v) is 5.18. The van der Waals surface area contributed by atoms with Gasteiger partial charge in [-0.15, -0.1) is 0 Å². The molecule has 1 heterocycles. The molecule has 0 aliphatic rings. The van der Waals surface area contributed by atoms with Gasteiger partial charge in [0.25, 0.3) is 0 Å². The standard InChI is InChI=1S/C15H19ClN2O2/c16-13-4-5-14-12(11-13)6-9-18(14)8-1-3-15(20)17-7-2-10-19/h4-6,9,11,19H,1-3,7-8,10H2,(H,17,20). The van der Waals surface area contributed by atoms with Crippen LogP contribution in [0.1, 0.15) is 19.3 Å². The highest BCUT2D eigenvalue weighted by Gasteiger charge is 2.04. The smallest absolute Gasteiger partial charge is 0.220 e. The SMILES string of the molecule is O=C(CCCn1ccc2cc(Cl)ccc21)NCCCO. The normalized spacial score (nSPS) is 10.9. The lowest BCUT2D eigenvalue weighted by Crippen LogP contribution is -2.24. The van der Waals surface area contributed by atoms with Crippen molar-refractivity contribution in [3.63, 3.8) is 0 Å². The number of fused-ring (bicyclic) bond motifs is 1. The van der Waals surface area contributed by atoms with Crippen LogP contribution in [-0.4, -0.2) is 28.7 Å². The van der Waals surface area contributed by atoms with Crippen molar-refractivity contribution in [2.24, 2.45) is 0 Å². The van der Waals surface area contributed by atoms with Crippen LogP contribution in [0.3, 0.4) is 0 Å². The van der Waals surface area contributed by atoms with Crippen LogP contribution < -0.4 is 5.32 Å². The fraction of sp³-hybridized carbons (Fsp3) is 0.400. The summed E-state index contributed by atoms with van der Waals surface area (Å²) < 4.78 is 2.13. The average Bonchev–Trinajstić information content (AvgIpc) is 2.81. The highest BCUT2D eigenvalue weighted by molar-refractivity contribution is 6.31. The monoisotopic (exact) mass is 294 g/mol. The molecule has 1 amide bonds. The van der Waals surface area contributed by atoms with Gasteiger partial charge in [0, 0.05) is 48.2 Å². The highest BCUT2D eigenvalue weighted by Crippen LogP contribution is 2.20. The summed E-state index contributed by atoms with van der Waals surface area (Å²) in [5, 5.41) is 13.3. The van der Waals surface area contributed by atoms with E-state index in [2.05, 4.69) is 9.88 Å². The maximum absolute atomic E-state index is 11.5. The molecule has 2 N–H and O–H groups in total. The molecule has 0 bridgehead atoms. The first kappa shape index (κ1) is 14.9. The van der Waals surface area contributed by atoms with E-state index in [0.29, 0.717) is 19.4 Å². The number of benzene rings is 1. The van der Waals surface area contributed by atoms with Crippen molar-refractivity contribution < 1.29 is 9.90 Å². The van der Waals surface area contributed by atoms with Crippen molar-refractivity contribution in [3.8, 4) is 0 Å². The van der Waals surface area contributed by atoms with E-state index in [-0.39, 0.29) is 12.5 Å². The Morgan fingerprint density at radius 1 is 1.30 bits per heavy atom. The number of aliphatic hydroxyl groups excluding tert-OH is 1. The first-order chi connectivity index (χ1) is 9.70. The van der Waals surface area contributed by atoms with Gasteiger partial charge in [-0.25, -0.2) is 0 Å². The molecule has 2 aromatic rings. The summed E-state index contributed by atoms with van der Waals surface area (Å²) in [7, 11) is 0. The Kier molecular flexibility index (Phi) is 5.44. The number of rotatable bonds is 7. The van der Waals surface area contributed by atoms with Crippen LogP contribution in [-0.2, 0) is 11.3 Å². The molecular formula is C15H19ClN2O2. The fourth-order valence-corrected chi connectivity index (χ4v) is 2.35. The number of carbonyl (C=O) groups is 1. The molecule has 0 aliphatic heterocycles. The van der Waals surface area contributed by atoms with E-state index in [0.717, 1.165) is 28.9 Å². The largest absolute Gasteiger partial charge is 0.396 e. The van der Waals surface area contributed by atoms with Gasteiger partial charge in [0.05, 0.1) is 0 Å². The van der Waals surface area contributed by atoms with Gasteiger partial charge in [0.1, 0.15) is 0 Å². The molecule has 0 radical (unpaired) electrons. The number of aryl methyl sites for hydroxylation is 1. The van der Waals surface area contributed by atoms with Crippen molar-refractivity contribution in [3.05, 3.63) is 35.5 Å². The van der Waals surface area contributed by atoms with Crippen LogP contribution in [0.15, 0.2) is 30.5 Å². The van der Waals surface area contributed by atoms with E-state index in [4.69, 9.17) is 16.7 Å². The van der Waals surface area contributed by atoms with Gasteiger partial charge in [-0.2, -0.15) is 0 Å². The quantitative estimate of drug-likeness (QED) is 0.771. The number of hydrogen-bond donors (Lipinski definition) is 2. The minimum atomic E-state index is 0.0398. The summed E-state index contributed by atoms with van der Waals surface area (Å²) in [6, 6.07) is 7.85. The van der Waals surface area contributed by atoms with Crippen molar-refractivity contribution in [2.75, 3.05) is 13.2 Å². The molecule has 0 atom stereocenters. The third-order valence-electron chi connectivity index (χ3n) is 3.19. The summed E-state index contributed by atoms with van der Waals surface area (Å²) in [6.45, 7) is 1.46. The molecule has 1 aromatic carbocycles. The molecule has 0 saturated heterocycles. The molecule has 4 nitrogen and oxygen atoms in total. The zero-order valence-electron chi connectivity index (χ0n) is 11.3. The molecule has 0 unspecified atom stereocenters. The molecule has 2 rings (SSSR count). The Morgan fingerprint density at radius 3 is 2.95 bits per heavy atom. The molecule has 20 heavy (non-hydrogen) atoms. The fourth-order valence-electron chi connectivity index (χ4n) is 2.17. The Balaban J connectivity index is 1.82. The average molecular weight is 295 g/mol. The predicted octanol–water partition coefficient (Wildman–Crippen LogP) is 2.57.